The standard InChI is InChI=1S/C50H38N3O.Pt/c1-50(2,3)38-24-25-43(48(54)32-38)46-31-37(33-14-6-4-7-15-33)30-45(52-46)36-17-12-16-35(28-36)44-29-34(26-27-51-44)40-21-13-22-42-41-20-10-11-23-47(41)53(49(40)42)39-18-8-5-9-19-39;/h4-27,29-32,54H,1-3H3;/q-1;. The number of phenolic OH excluding ortho intramolecular Hbond substituents is 1. The molecule has 55 heavy (non-hydrogen) atoms. The summed E-state index contributed by atoms with van der Waals surface area (Å²) in [4.78, 5) is 9.98. The van der Waals surface area contributed by atoms with Crippen molar-refractivity contribution < 1.29 is 26.2 Å². The van der Waals surface area contributed by atoms with Gasteiger partial charge in [0.1, 0.15) is 5.75 Å². The average Bonchev–Trinajstić information content (AvgIpc) is 3.56. The van der Waals surface area contributed by atoms with E-state index < -0.39 is 0 Å². The molecule has 0 atom stereocenters. The first kappa shape index (κ1) is 35.9. The van der Waals surface area contributed by atoms with Crippen LogP contribution in [0.4, 0.5) is 0 Å². The molecular weight excluding hydrogens is 854 g/mol. The van der Waals surface area contributed by atoms with Crippen LogP contribution in [0.5, 0.6) is 5.75 Å². The second-order valence-corrected chi connectivity index (χ2v) is 14.8. The van der Waals surface area contributed by atoms with Gasteiger partial charge in [0.15, 0.2) is 0 Å². The predicted molar refractivity (Wildman–Crippen MR) is 223 cm³/mol. The fourth-order valence-corrected chi connectivity index (χ4v) is 7.43. The average molecular weight is 892 g/mol. The number of aromatic hydroxyl groups is 1. The molecular formula is C50H38N3OPt-. The van der Waals surface area contributed by atoms with E-state index >= 15 is 0 Å². The summed E-state index contributed by atoms with van der Waals surface area (Å²) >= 11 is 0. The van der Waals surface area contributed by atoms with Gasteiger partial charge in [0.05, 0.1) is 16.7 Å². The maximum absolute atomic E-state index is 11.3. The summed E-state index contributed by atoms with van der Waals surface area (Å²) < 4.78 is 2.37. The molecule has 6 aromatic carbocycles. The van der Waals surface area contributed by atoms with E-state index in [1.54, 1.807) is 0 Å². The number of benzene rings is 6. The normalized spacial score (nSPS) is 11.5. The number of pyridine rings is 2. The molecule has 4 nitrogen and oxygen atoms in total. The van der Waals surface area contributed by atoms with Gasteiger partial charge in [-0.1, -0.05) is 135 Å². The zero-order valence-corrected chi connectivity index (χ0v) is 33.0. The second kappa shape index (κ2) is 14.6. The van der Waals surface area contributed by atoms with Crippen molar-refractivity contribution in [3.8, 4) is 67.5 Å². The van der Waals surface area contributed by atoms with Gasteiger partial charge in [-0.15, -0.1) is 24.3 Å². The molecule has 0 spiro atoms. The first-order chi connectivity index (χ1) is 26.3. The molecule has 0 aliphatic heterocycles. The third-order valence-corrected chi connectivity index (χ3v) is 10.2. The van der Waals surface area contributed by atoms with Crippen molar-refractivity contribution in [2.45, 2.75) is 26.2 Å². The van der Waals surface area contributed by atoms with Crippen LogP contribution in [-0.2, 0) is 26.5 Å². The smallest absolute Gasteiger partial charge is 0.125 e. The Labute approximate surface area is 336 Å². The molecule has 0 amide bonds. The number of aromatic nitrogens is 3. The Morgan fingerprint density at radius 3 is 1.96 bits per heavy atom. The van der Waals surface area contributed by atoms with Crippen LogP contribution < -0.4 is 0 Å². The van der Waals surface area contributed by atoms with E-state index in [9.17, 15) is 5.11 Å². The van der Waals surface area contributed by atoms with Gasteiger partial charge in [0.2, 0.25) is 0 Å². The summed E-state index contributed by atoms with van der Waals surface area (Å²) in [5.74, 6) is 0.214. The zero-order valence-electron chi connectivity index (χ0n) is 30.8. The Morgan fingerprint density at radius 2 is 1.20 bits per heavy atom. The maximum atomic E-state index is 11.3. The monoisotopic (exact) mass is 891 g/mol. The number of phenols is 1. The van der Waals surface area contributed by atoms with E-state index in [0.717, 1.165) is 61.5 Å². The van der Waals surface area contributed by atoms with Gasteiger partial charge in [0, 0.05) is 66.2 Å². The molecule has 3 heterocycles. The number of rotatable bonds is 6. The van der Waals surface area contributed by atoms with Crippen LogP contribution in [0.1, 0.15) is 26.3 Å². The fourth-order valence-electron chi connectivity index (χ4n) is 7.43. The summed E-state index contributed by atoms with van der Waals surface area (Å²) in [7, 11) is 0. The van der Waals surface area contributed by atoms with Gasteiger partial charge in [-0.3, -0.25) is 9.97 Å². The van der Waals surface area contributed by atoms with E-state index in [0.29, 0.717) is 11.3 Å². The fraction of sp³-hybridized carbons (Fsp3) is 0.0800. The van der Waals surface area contributed by atoms with E-state index in [2.05, 4.69) is 153 Å². The van der Waals surface area contributed by atoms with Crippen molar-refractivity contribution in [1.82, 2.24) is 14.5 Å². The number of fused-ring (bicyclic) bond motifs is 3. The molecule has 9 rings (SSSR count). The quantitative estimate of drug-likeness (QED) is 0.169. The van der Waals surface area contributed by atoms with Crippen LogP contribution in [0.15, 0.2) is 170 Å². The summed E-state index contributed by atoms with van der Waals surface area (Å²) in [5.41, 5.74) is 13.4. The minimum Gasteiger partial charge on any atom is -0.507 e. The molecule has 0 unspecified atom stereocenters. The second-order valence-electron chi connectivity index (χ2n) is 14.8. The molecule has 0 radical (unpaired) electrons. The number of nitrogens with zero attached hydrogens (tertiary/aromatic N) is 3. The first-order valence-electron chi connectivity index (χ1n) is 18.3. The van der Waals surface area contributed by atoms with E-state index in [-0.39, 0.29) is 32.2 Å². The number of para-hydroxylation sites is 3. The van der Waals surface area contributed by atoms with Crippen molar-refractivity contribution in [2.24, 2.45) is 0 Å². The molecule has 0 aliphatic rings. The Bertz CT molecular complexity index is 2820. The largest absolute Gasteiger partial charge is 0.507 e. The third-order valence-electron chi connectivity index (χ3n) is 10.2. The van der Waals surface area contributed by atoms with Crippen molar-refractivity contribution >= 4 is 21.8 Å². The van der Waals surface area contributed by atoms with Crippen molar-refractivity contribution in [3.05, 3.63) is 182 Å². The topological polar surface area (TPSA) is 50.9 Å². The first-order valence-corrected chi connectivity index (χ1v) is 18.3. The van der Waals surface area contributed by atoms with E-state index in [4.69, 9.17) is 9.97 Å². The molecule has 0 bridgehead atoms. The van der Waals surface area contributed by atoms with Gasteiger partial charge >= 0.3 is 0 Å². The molecule has 3 aromatic heterocycles. The third kappa shape index (κ3) is 6.79. The Balaban J connectivity index is 0.00000427. The van der Waals surface area contributed by atoms with Crippen LogP contribution in [0.3, 0.4) is 0 Å². The summed E-state index contributed by atoms with van der Waals surface area (Å²) in [6.07, 6.45) is 1.88. The molecule has 1 N–H and O–H groups in total. The Kier molecular flexibility index (Phi) is 9.55. The Hall–Kier alpha value is -6.09. The van der Waals surface area contributed by atoms with Gasteiger partial charge in [-0.05, 0) is 70.1 Å². The summed E-state index contributed by atoms with van der Waals surface area (Å²) in [6.45, 7) is 6.43. The van der Waals surface area contributed by atoms with Crippen LogP contribution >= 0.6 is 0 Å². The van der Waals surface area contributed by atoms with Crippen molar-refractivity contribution in [3.63, 3.8) is 0 Å². The van der Waals surface area contributed by atoms with Crippen molar-refractivity contribution in [2.75, 3.05) is 0 Å². The molecule has 0 saturated carbocycles. The van der Waals surface area contributed by atoms with Crippen molar-refractivity contribution in [1.29, 1.82) is 0 Å². The van der Waals surface area contributed by atoms with Crippen LogP contribution in [0, 0.1) is 6.07 Å². The van der Waals surface area contributed by atoms with Crippen LogP contribution in [0.2, 0.25) is 0 Å². The summed E-state index contributed by atoms with van der Waals surface area (Å²) in [6, 6.07) is 60.1. The zero-order chi connectivity index (χ0) is 36.8. The molecule has 270 valence electrons. The number of hydrogen-bond donors (Lipinski definition) is 1. The molecule has 0 saturated heterocycles. The number of hydrogen-bond acceptors (Lipinski definition) is 3. The molecule has 9 aromatic rings. The Morgan fingerprint density at radius 1 is 0.545 bits per heavy atom. The van der Waals surface area contributed by atoms with E-state index in [1.165, 1.54) is 16.3 Å². The van der Waals surface area contributed by atoms with Gasteiger partial charge in [-0.25, -0.2) is 0 Å². The van der Waals surface area contributed by atoms with Crippen LogP contribution in [0.25, 0.3) is 83.5 Å². The molecule has 0 fully saturated rings. The predicted octanol–water partition coefficient (Wildman–Crippen LogP) is 12.7. The SMILES string of the molecule is CC(C)(C)c1ccc(-c2cc(-c3ccccc3)cc(-c3[c-]c(-c4cc(-c5cccc6c7ccccc7n(-c7ccccc7)c56)ccn4)ccc3)n2)c(O)c1.[Pt]. The van der Waals surface area contributed by atoms with Crippen LogP contribution in [-0.4, -0.2) is 19.6 Å². The van der Waals surface area contributed by atoms with Gasteiger partial charge < -0.3 is 9.67 Å². The van der Waals surface area contributed by atoms with Gasteiger partial charge in [0.25, 0.3) is 0 Å². The molecule has 5 heteroatoms. The molecule has 0 aliphatic carbocycles. The van der Waals surface area contributed by atoms with Gasteiger partial charge in [-0.2, -0.15) is 0 Å². The summed E-state index contributed by atoms with van der Waals surface area (Å²) in [5, 5.41) is 13.7. The minimum absolute atomic E-state index is 0. The minimum atomic E-state index is -0.0892. The van der Waals surface area contributed by atoms with E-state index in [1.807, 2.05) is 48.7 Å². The maximum Gasteiger partial charge on any atom is 0.125 e.